The Hall–Kier alpha value is -3.60. The Labute approximate surface area is 164 Å². The van der Waals surface area contributed by atoms with Crippen LogP contribution in [0.4, 0.5) is 10.5 Å². The van der Waals surface area contributed by atoms with Gasteiger partial charge in [0.2, 0.25) is 0 Å². The topological polar surface area (TPSA) is 53.9 Å². The van der Waals surface area contributed by atoms with Gasteiger partial charge in [0.05, 0.1) is 7.11 Å². The lowest BCUT2D eigenvalue weighted by Gasteiger charge is -2.26. The van der Waals surface area contributed by atoms with Crippen LogP contribution >= 0.6 is 0 Å². The smallest absolute Gasteiger partial charge is 0.350 e. The van der Waals surface area contributed by atoms with Crippen LogP contribution in [-0.2, 0) is 6.54 Å². The highest BCUT2D eigenvalue weighted by Crippen LogP contribution is 2.33. The fourth-order valence-corrected chi connectivity index (χ4v) is 3.32. The zero-order valence-corrected chi connectivity index (χ0v) is 15.6. The van der Waals surface area contributed by atoms with Gasteiger partial charge in [-0.3, -0.25) is 4.90 Å². The minimum atomic E-state index is -0.300. The third kappa shape index (κ3) is 3.60. The number of hydrogen-bond donors (Lipinski definition) is 1. The predicted octanol–water partition coefficient (Wildman–Crippen LogP) is 4.56. The monoisotopic (exact) mass is 371 g/mol. The lowest BCUT2D eigenvalue weighted by atomic mass is 10.0. The van der Waals surface area contributed by atoms with Gasteiger partial charge in [-0.1, -0.05) is 60.7 Å². The van der Waals surface area contributed by atoms with E-state index in [0.29, 0.717) is 12.4 Å². The molecule has 0 saturated carbocycles. The molecule has 0 spiro atoms. The molecule has 3 aromatic rings. The Kier molecular flexibility index (Phi) is 5.06. The van der Waals surface area contributed by atoms with Crippen LogP contribution in [0.1, 0.15) is 17.2 Å². The molecule has 0 saturated heterocycles. The number of nitrogens with one attached hydrogen (secondary N) is 1. The van der Waals surface area contributed by atoms with Crippen LogP contribution in [0.15, 0.2) is 89.9 Å². The maximum atomic E-state index is 12.8. The Morgan fingerprint density at radius 1 is 0.929 bits per heavy atom. The molecule has 0 aromatic heterocycles. The summed E-state index contributed by atoms with van der Waals surface area (Å²) in [6.45, 7) is 0.604. The number of rotatable bonds is 5. The van der Waals surface area contributed by atoms with Gasteiger partial charge < -0.3 is 10.1 Å². The molecule has 5 heteroatoms. The highest BCUT2D eigenvalue weighted by molar-refractivity contribution is 6.13. The molecule has 1 heterocycles. The first kappa shape index (κ1) is 17.8. The summed E-state index contributed by atoms with van der Waals surface area (Å²) in [4.78, 5) is 18.8. The predicted molar refractivity (Wildman–Crippen MR) is 111 cm³/mol. The number of anilines is 1. The van der Waals surface area contributed by atoms with Crippen LogP contribution in [0.5, 0.6) is 5.75 Å². The van der Waals surface area contributed by atoms with E-state index >= 15 is 0 Å². The standard InChI is InChI=1S/C23H21N3O2/c1-28-20-14-12-19(13-15-20)26-21(18-10-6-3-7-11-18)22(25-23(26)27)24-16-17-8-4-2-5-9-17/h2-15,21H,16H2,1H3,(H,24,25,27). The van der Waals surface area contributed by atoms with Crippen molar-refractivity contribution in [2.45, 2.75) is 12.6 Å². The van der Waals surface area contributed by atoms with Crippen molar-refractivity contribution >= 4 is 17.6 Å². The van der Waals surface area contributed by atoms with E-state index in [4.69, 9.17) is 4.74 Å². The minimum Gasteiger partial charge on any atom is -0.497 e. The summed E-state index contributed by atoms with van der Waals surface area (Å²) in [5, 5.41) is 3.36. The van der Waals surface area contributed by atoms with Crippen LogP contribution in [0.3, 0.4) is 0 Å². The number of urea groups is 1. The van der Waals surface area contributed by atoms with Gasteiger partial charge in [0.1, 0.15) is 17.6 Å². The Balaban J connectivity index is 1.65. The first-order valence-corrected chi connectivity index (χ1v) is 9.15. The lowest BCUT2D eigenvalue weighted by molar-refractivity contribution is 0.255. The second kappa shape index (κ2) is 7.96. The van der Waals surface area contributed by atoms with Crippen molar-refractivity contribution in [2.75, 3.05) is 12.0 Å². The maximum Gasteiger partial charge on any atom is 0.350 e. The molecule has 0 fully saturated rings. The van der Waals surface area contributed by atoms with E-state index in [2.05, 4.69) is 10.3 Å². The number of hydrogen-bond acceptors (Lipinski definition) is 3. The third-order valence-electron chi connectivity index (χ3n) is 4.72. The van der Waals surface area contributed by atoms with Crippen molar-refractivity contribution in [3.8, 4) is 5.75 Å². The largest absolute Gasteiger partial charge is 0.497 e. The maximum absolute atomic E-state index is 12.8. The number of carbonyl (C=O) groups is 1. The summed E-state index contributed by atoms with van der Waals surface area (Å²) in [7, 11) is 1.62. The van der Waals surface area contributed by atoms with E-state index in [1.54, 1.807) is 12.0 Å². The van der Waals surface area contributed by atoms with Gasteiger partial charge in [0, 0.05) is 12.2 Å². The fraction of sp³-hybridized carbons (Fsp3) is 0.130. The van der Waals surface area contributed by atoms with E-state index in [-0.39, 0.29) is 12.1 Å². The van der Waals surface area contributed by atoms with E-state index in [1.807, 2.05) is 84.9 Å². The molecule has 140 valence electrons. The van der Waals surface area contributed by atoms with Gasteiger partial charge in [-0.05, 0) is 35.4 Å². The summed E-state index contributed by atoms with van der Waals surface area (Å²) in [6, 6.07) is 26.9. The zero-order valence-electron chi connectivity index (χ0n) is 15.6. The van der Waals surface area contributed by atoms with Crippen LogP contribution in [0.2, 0.25) is 0 Å². The molecule has 28 heavy (non-hydrogen) atoms. The number of carbonyl (C=O) groups excluding carboxylic acids is 1. The third-order valence-corrected chi connectivity index (χ3v) is 4.72. The normalized spacial score (nSPS) is 16.0. The molecule has 1 aliphatic rings. The molecule has 3 aromatic carbocycles. The van der Waals surface area contributed by atoms with Gasteiger partial charge in [-0.15, -0.1) is 0 Å². The highest BCUT2D eigenvalue weighted by Gasteiger charge is 2.37. The van der Waals surface area contributed by atoms with Crippen molar-refractivity contribution in [1.29, 1.82) is 0 Å². The van der Waals surface area contributed by atoms with Gasteiger partial charge >= 0.3 is 6.03 Å². The summed E-state index contributed by atoms with van der Waals surface area (Å²) >= 11 is 0. The molecule has 1 aliphatic heterocycles. The Morgan fingerprint density at radius 3 is 2.21 bits per heavy atom. The molecule has 0 radical (unpaired) electrons. The second-order valence-corrected chi connectivity index (χ2v) is 6.50. The summed E-state index contributed by atoms with van der Waals surface area (Å²) < 4.78 is 5.23. The Bertz CT molecular complexity index is 970. The van der Waals surface area contributed by atoms with Crippen LogP contribution in [-0.4, -0.2) is 19.0 Å². The number of amides is 2. The van der Waals surface area contributed by atoms with Gasteiger partial charge in [0.15, 0.2) is 0 Å². The number of benzene rings is 3. The van der Waals surface area contributed by atoms with Crippen molar-refractivity contribution in [2.24, 2.45) is 4.99 Å². The summed E-state index contributed by atoms with van der Waals surface area (Å²) in [5.74, 6) is 1.39. The molecule has 1 atom stereocenters. The SMILES string of the molecule is COc1ccc(N2C(=O)N=C(NCc3ccccc3)C2c2ccccc2)cc1. The van der Waals surface area contributed by atoms with Gasteiger partial charge in [0.25, 0.3) is 0 Å². The van der Waals surface area contributed by atoms with Crippen molar-refractivity contribution in [1.82, 2.24) is 5.32 Å². The number of nitrogens with zero attached hydrogens (tertiary/aromatic N) is 2. The van der Waals surface area contributed by atoms with Crippen molar-refractivity contribution in [3.63, 3.8) is 0 Å². The molecular formula is C23H21N3O2. The average Bonchev–Trinajstić information content (AvgIpc) is 3.09. The number of ether oxygens (including phenoxy) is 1. The van der Waals surface area contributed by atoms with Crippen LogP contribution < -0.4 is 15.0 Å². The molecule has 1 N–H and O–H groups in total. The molecular weight excluding hydrogens is 350 g/mol. The van der Waals surface area contributed by atoms with Gasteiger partial charge in [-0.2, -0.15) is 4.99 Å². The average molecular weight is 371 g/mol. The van der Waals surface area contributed by atoms with Crippen LogP contribution in [0.25, 0.3) is 0 Å². The summed E-state index contributed by atoms with van der Waals surface area (Å²) in [6.07, 6.45) is 0. The number of methoxy groups -OCH3 is 1. The molecule has 2 amide bonds. The molecule has 4 rings (SSSR count). The van der Waals surface area contributed by atoms with E-state index in [0.717, 1.165) is 22.6 Å². The minimum absolute atomic E-state index is 0.283. The first-order valence-electron chi connectivity index (χ1n) is 9.15. The van der Waals surface area contributed by atoms with E-state index < -0.39 is 0 Å². The molecule has 1 unspecified atom stereocenters. The lowest BCUT2D eigenvalue weighted by Crippen LogP contribution is -2.35. The Morgan fingerprint density at radius 2 is 1.57 bits per heavy atom. The molecule has 0 aliphatic carbocycles. The molecule has 5 nitrogen and oxygen atoms in total. The zero-order chi connectivity index (χ0) is 19.3. The number of aliphatic imine (C=N–C) groups is 1. The quantitative estimate of drug-likeness (QED) is 0.715. The van der Waals surface area contributed by atoms with Crippen molar-refractivity contribution in [3.05, 3.63) is 96.1 Å². The second-order valence-electron chi connectivity index (χ2n) is 6.50. The van der Waals surface area contributed by atoms with Gasteiger partial charge in [-0.25, -0.2) is 4.79 Å². The summed E-state index contributed by atoms with van der Waals surface area (Å²) in [5.41, 5.74) is 2.91. The number of amidine groups is 1. The van der Waals surface area contributed by atoms with E-state index in [1.165, 1.54) is 0 Å². The van der Waals surface area contributed by atoms with Crippen LogP contribution in [0, 0.1) is 0 Å². The fourth-order valence-electron chi connectivity index (χ4n) is 3.32. The molecule has 0 bridgehead atoms. The first-order chi connectivity index (χ1) is 13.8. The highest BCUT2D eigenvalue weighted by atomic mass is 16.5. The van der Waals surface area contributed by atoms with E-state index in [9.17, 15) is 4.79 Å². The van der Waals surface area contributed by atoms with Crippen molar-refractivity contribution < 1.29 is 9.53 Å².